The molecule has 0 fully saturated rings. The summed E-state index contributed by atoms with van der Waals surface area (Å²) < 4.78 is 43.8. The molecule has 1 unspecified atom stereocenters. The van der Waals surface area contributed by atoms with Crippen molar-refractivity contribution in [3.63, 3.8) is 0 Å². The Morgan fingerprint density at radius 3 is 2.62 bits per heavy atom. The Bertz CT molecular complexity index is 1240. The molecule has 32 heavy (non-hydrogen) atoms. The summed E-state index contributed by atoms with van der Waals surface area (Å²) in [6.45, 7) is 4.50. The van der Waals surface area contributed by atoms with E-state index in [9.17, 15) is 22.8 Å². The number of hydrogen-bond donors (Lipinski definition) is 3. The topological polar surface area (TPSA) is 101 Å². The molecule has 170 valence electrons. The van der Waals surface area contributed by atoms with Crippen LogP contribution in [0, 0.1) is 5.92 Å². The van der Waals surface area contributed by atoms with Crippen LogP contribution in [0.25, 0.3) is 11.0 Å². The molecule has 0 saturated heterocycles. The lowest BCUT2D eigenvalue weighted by Crippen LogP contribution is -2.63. The zero-order valence-electron chi connectivity index (χ0n) is 16.5. The van der Waals surface area contributed by atoms with Gasteiger partial charge in [0.2, 0.25) is 5.95 Å². The SMILES string of the molecule is CC(C)CNc1nc(C(=O)NC2(C(F)(F)F)C(=O)Nc3nc4cc(Cl)c(Cl)cc4n32)cs1. The number of carbonyl (C=O) groups is 2. The highest BCUT2D eigenvalue weighted by atomic mass is 35.5. The number of anilines is 2. The zero-order valence-corrected chi connectivity index (χ0v) is 18.8. The van der Waals surface area contributed by atoms with Gasteiger partial charge in [0.1, 0.15) is 5.69 Å². The second kappa shape index (κ2) is 7.78. The molecule has 3 N–H and O–H groups in total. The van der Waals surface area contributed by atoms with Gasteiger partial charge in [-0.15, -0.1) is 11.3 Å². The summed E-state index contributed by atoms with van der Waals surface area (Å²) in [7, 11) is 0. The minimum absolute atomic E-state index is 0.0380. The van der Waals surface area contributed by atoms with Crippen LogP contribution in [-0.4, -0.2) is 39.1 Å². The number of fused-ring (bicyclic) bond motifs is 3. The number of halogens is 5. The largest absolute Gasteiger partial charge is 0.440 e. The first-order chi connectivity index (χ1) is 14.9. The molecule has 0 bridgehead atoms. The molecule has 3 heterocycles. The van der Waals surface area contributed by atoms with Crippen LogP contribution >= 0.6 is 34.5 Å². The molecule has 0 saturated carbocycles. The first-order valence-electron chi connectivity index (χ1n) is 9.22. The zero-order chi connectivity index (χ0) is 23.4. The Hall–Kier alpha value is -2.57. The second-order valence-electron chi connectivity index (χ2n) is 7.45. The molecule has 1 aliphatic rings. The van der Waals surface area contributed by atoms with Gasteiger partial charge in [-0.25, -0.2) is 9.97 Å². The third kappa shape index (κ3) is 3.55. The van der Waals surface area contributed by atoms with Gasteiger partial charge in [-0.1, -0.05) is 37.0 Å². The molecule has 3 aromatic rings. The van der Waals surface area contributed by atoms with Gasteiger partial charge >= 0.3 is 6.18 Å². The molecule has 2 aromatic heterocycles. The number of imidazole rings is 1. The lowest BCUT2D eigenvalue weighted by Gasteiger charge is -2.31. The third-order valence-electron chi connectivity index (χ3n) is 4.69. The number of alkyl halides is 3. The minimum Gasteiger partial charge on any atom is -0.361 e. The van der Waals surface area contributed by atoms with Crippen LogP contribution in [0.5, 0.6) is 0 Å². The van der Waals surface area contributed by atoms with E-state index in [1.54, 1.807) is 0 Å². The van der Waals surface area contributed by atoms with Gasteiger partial charge in [-0.05, 0) is 18.1 Å². The van der Waals surface area contributed by atoms with Crippen molar-refractivity contribution in [3.8, 4) is 0 Å². The van der Waals surface area contributed by atoms with E-state index in [4.69, 9.17) is 23.2 Å². The van der Waals surface area contributed by atoms with Crippen LogP contribution in [0.2, 0.25) is 10.0 Å². The highest BCUT2D eigenvalue weighted by molar-refractivity contribution is 7.13. The average Bonchev–Trinajstić information content (AvgIpc) is 3.35. The fraction of sp³-hybridized carbons (Fsp3) is 0.333. The van der Waals surface area contributed by atoms with Crippen molar-refractivity contribution in [1.82, 2.24) is 19.9 Å². The van der Waals surface area contributed by atoms with Crippen LogP contribution in [0.4, 0.5) is 24.3 Å². The maximum atomic E-state index is 14.4. The Morgan fingerprint density at radius 2 is 1.97 bits per heavy atom. The number of amides is 2. The van der Waals surface area contributed by atoms with Crippen molar-refractivity contribution in [3.05, 3.63) is 33.3 Å². The minimum atomic E-state index is -5.23. The summed E-state index contributed by atoms with van der Waals surface area (Å²) >= 11 is 13.0. The van der Waals surface area contributed by atoms with Gasteiger partial charge in [-0.3, -0.25) is 19.5 Å². The molecular weight excluding hydrogens is 492 g/mol. The van der Waals surface area contributed by atoms with Crippen molar-refractivity contribution in [2.75, 3.05) is 17.2 Å². The van der Waals surface area contributed by atoms with Gasteiger partial charge < -0.3 is 10.6 Å². The van der Waals surface area contributed by atoms with E-state index in [-0.39, 0.29) is 26.8 Å². The highest BCUT2D eigenvalue weighted by Gasteiger charge is 2.67. The van der Waals surface area contributed by atoms with E-state index in [1.807, 2.05) is 19.2 Å². The van der Waals surface area contributed by atoms with Gasteiger partial charge in [0.05, 0.1) is 21.1 Å². The summed E-state index contributed by atoms with van der Waals surface area (Å²) in [6, 6.07) is 2.42. The predicted molar refractivity (Wildman–Crippen MR) is 115 cm³/mol. The molecular formula is C18H15Cl2F3N6O2S. The first-order valence-corrected chi connectivity index (χ1v) is 10.9. The number of rotatable bonds is 5. The molecule has 4 rings (SSSR count). The predicted octanol–water partition coefficient (Wildman–Crippen LogP) is 4.46. The smallest absolute Gasteiger partial charge is 0.361 e. The Balaban J connectivity index is 1.78. The molecule has 0 spiro atoms. The molecule has 1 aromatic carbocycles. The summed E-state index contributed by atoms with van der Waals surface area (Å²) in [6.07, 6.45) is -5.23. The van der Waals surface area contributed by atoms with Crippen LogP contribution in [-0.2, 0) is 10.5 Å². The van der Waals surface area contributed by atoms with Crippen LogP contribution in [0.3, 0.4) is 0 Å². The Morgan fingerprint density at radius 1 is 1.28 bits per heavy atom. The number of nitrogens with one attached hydrogen (secondary N) is 3. The number of carbonyl (C=O) groups excluding carboxylic acids is 2. The van der Waals surface area contributed by atoms with Gasteiger partial charge in [0.15, 0.2) is 5.13 Å². The van der Waals surface area contributed by atoms with E-state index in [0.29, 0.717) is 22.2 Å². The van der Waals surface area contributed by atoms with Crippen molar-refractivity contribution in [2.24, 2.45) is 5.92 Å². The second-order valence-corrected chi connectivity index (χ2v) is 9.13. The molecule has 2 amide bonds. The standard InChI is InChI=1S/C18H15Cl2F3N6O2S/c1-7(2)5-24-16-26-11(6-32-16)13(30)28-17(18(21,22)23)14(31)27-15-25-10-3-8(19)9(20)4-12(10)29(15)17/h3-4,6-7H,5H2,1-2H3,(H,24,26)(H,28,30)(H,25,27,31). The summed E-state index contributed by atoms with van der Waals surface area (Å²) in [4.78, 5) is 33.4. The maximum absolute atomic E-state index is 14.4. The molecule has 8 nitrogen and oxygen atoms in total. The number of benzene rings is 1. The fourth-order valence-corrected chi connectivity index (χ4v) is 4.22. The molecule has 14 heteroatoms. The van der Waals surface area contributed by atoms with E-state index >= 15 is 0 Å². The summed E-state index contributed by atoms with van der Waals surface area (Å²) in [5, 5.41) is 8.62. The van der Waals surface area contributed by atoms with Crippen LogP contribution in [0.1, 0.15) is 24.3 Å². The van der Waals surface area contributed by atoms with Crippen molar-refractivity contribution in [2.45, 2.75) is 25.7 Å². The number of nitrogens with zero attached hydrogens (tertiary/aromatic N) is 3. The van der Waals surface area contributed by atoms with E-state index in [2.05, 4.69) is 20.6 Å². The molecule has 0 aliphatic carbocycles. The number of hydrogen-bond acceptors (Lipinski definition) is 6. The lowest BCUT2D eigenvalue weighted by molar-refractivity contribution is -0.213. The monoisotopic (exact) mass is 506 g/mol. The average molecular weight is 507 g/mol. The molecule has 1 aliphatic heterocycles. The van der Waals surface area contributed by atoms with Gasteiger partial charge in [0, 0.05) is 11.9 Å². The Labute approximate surface area is 193 Å². The van der Waals surface area contributed by atoms with Crippen LogP contribution < -0.4 is 16.0 Å². The quantitative estimate of drug-likeness (QED) is 0.474. The summed E-state index contributed by atoms with van der Waals surface area (Å²) in [5.74, 6) is -2.80. The molecule has 1 atom stereocenters. The van der Waals surface area contributed by atoms with Crippen LogP contribution in [0.15, 0.2) is 17.5 Å². The van der Waals surface area contributed by atoms with Crippen molar-refractivity contribution < 1.29 is 22.8 Å². The maximum Gasteiger partial charge on any atom is 0.440 e. The highest BCUT2D eigenvalue weighted by Crippen LogP contribution is 2.45. The van der Waals surface area contributed by atoms with E-state index in [1.165, 1.54) is 11.4 Å². The van der Waals surface area contributed by atoms with Gasteiger partial charge in [-0.2, -0.15) is 13.2 Å². The number of thiazole rings is 1. The van der Waals surface area contributed by atoms with Crippen molar-refractivity contribution in [1.29, 1.82) is 0 Å². The lowest BCUT2D eigenvalue weighted by atomic mass is 10.1. The normalized spacial score (nSPS) is 18.2. The molecule has 0 radical (unpaired) electrons. The van der Waals surface area contributed by atoms with Gasteiger partial charge in [0.25, 0.3) is 17.5 Å². The van der Waals surface area contributed by atoms with Crippen molar-refractivity contribution >= 4 is 68.5 Å². The van der Waals surface area contributed by atoms with E-state index in [0.717, 1.165) is 17.4 Å². The fourth-order valence-electron chi connectivity index (χ4n) is 3.21. The first kappa shape index (κ1) is 22.6. The Kier molecular flexibility index (Phi) is 5.50. The van der Waals surface area contributed by atoms with E-state index < -0.39 is 29.6 Å². The number of aromatic nitrogens is 3. The summed E-state index contributed by atoms with van der Waals surface area (Å²) in [5.41, 5.74) is -3.80. The third-order valence-corrected chi connectivity index (χ3v) is 6.21.